The molecule has 6 nitrogen and oxygen atoms in total. The molecule has 132 valence electrons. The molecule has 1 N–H and O–H groups in total. The largest absolute Gasteiger partial charge is 0.496 e. The van der Waals surface area contributed by atoms with Crippen LogP contribution in [0.15, 0.2) is 36.5 Å². The number of hydrogen-bond donors (Lipinski definition) is 1. The maximum atomic E-state index is 12.4. The van der Waals surface area contributed by atoms with Crippen LogP contribution in [0.2, 0.25) is 0 Å². The smallest absolute Gasteiger partial charge is 0.255 e. The van der Waals surface area contributed by atoms with Gasteiger partial charge in [0, 0.05) is 25.3 Å². The van der Waals surface area contributed by atoms with E-state index in [1.165, 1.54) is 0 Å². The Morgan fingerprint density at radius 3 is 2.92 bits per heavy atom. The van der Waals surface area contributed by atoms with Gasteiger partial charge in [0.25, 0.3) is 5.91 Å². The molecule has 0 aliphatic carbocycles. The zero-order valence-corrected chi connectivity index (χ0v) is 14.9. The molecule has 1 saturated heterocycles. The minimum atomic E-state index is -0.0959. The first-order valence-electron chi connectivity index (χ1n) is 8.56. The highest BCUT2D eigenvalue weighted by Gasteiger charge is 2.30. The van der Waals surface area contributed by atoms with E-state index >= 15 is 0 Å². The molecular weight excluding hydrogens is 316 g/mol. The predicted octanol–water partition coefficient (Wildman–Crippen LogP) is 2.44. The van der Waals surface area contributed by atoms with Crippen LogP contribution in [0.3, 0.4) is 0 Å². The Balaban J connectivity index is 1.60. The molecule has 0 saturated carbocycles. The topological polar surface area (TPSA) is 67.3 Å². The Kier molecular flexibility index (Phi) is 5.16. The maximum Gasteiger partial charge on any atom is 0.255 e. The Bertz CT molecular complexity index is 750. The van der Waals surface area contributed by atoms with Gasteiger partial charge in [-0.05, 0) is 44.4 Å². The van der Waals surface area contributed by atoms with E-state index in [0.29, 0.717) is 29.8 Å². The molecule has 0 spiro atoms. The van der Waals surface area contributed by atoms with Gasteiger partial charge in [-0.2, -0.15) is 0 Å². The first-order chi connectivity index (χ1) is 12.1. The van der Waals surface area contributed by atoms with E-state index in [9.17, 15) is 4.79 Å². The monoisotopic (exact) mass is 340 g/mol. The van der Waals surface area contributed by atoms with Gasteiger partial charge in [0.1, 0.15) is 17.4 Å². The van der Waals surface area contributed by atoms with E-state index in [0.717, 1.165) is 24.6 Å². The third-order valence-electron chi connectivity index (χ3n) is 4.62. The van der Waals surface area contributed by atoms with E-state index in [4.69, 9.17) is 4.74 Å². The van der Waals surface area contributed by atoms with Crippen molar-refractivity contribution in [1.82, 2.24) is 15.3 Å². The molecule has 2 unspecified atom stereocenters. The third kappa shape index (κ3) is 3.90. The summed E-state index contributed by atoms with van der Waals surface area (Å²) in [5, 5.41) is 3.04. The van der Waals surface area contributed by atoms with Crippen LogP contribution < -0.4 is 15.0 Å². The molecule has 25 heavy (non-hydrogen) atoms. The van der Waals surface area contributed by atoms with Gasteiger partial charge >= 0.3 is 0 Å². The number of methoxy groups -OCH3 is 1. The fourth-order valence-corrected chi connectivity index (χ4v) is 3.38. The SMILES string of the molecule is COc1ccccc1C(=O)NCC1CC(C)N(c2ccnc(C)n2)C1. The molecule has 2 heterocycles. The van der Waals surface area contributed by atoms with Crippen molar-refractivity contribution >= 4 is 11.7 Å². The Hall–Kier alpha value is -2.63. The second kappa shape index (κ2) is 7.51. The minimum absolute atomic E-state index is 0.0959. The van der Waals surface area contributed by atoms with Crippen LogP contribution in [0.1, 0.15) is 29.5 Å². The molecule has 1 aromatic heterocycles. The molecule has 1 aliphatic heterocycles. The van der Waals surface area contributed by atoms with Crippen LogP contribution in [0.5, 0.6) is 5.75 Å². The number of nitrogens with zero attached hydrogens (tertiary/aromatic N) is 3. The number of carbonyl (C=O) groups excluding carboxylic acids is 1. The van der Waals surface area contributed by atoms with Crippen LogP contribution in [0, 0.1) is 12.8 Å². The number of hydrogen-bond acceptors (Lipinski definition) is 5. The highest BCUT2D eigenvalue weighted by molar-refractivity contribution is 5.96. The zero-order valence-electron chi connectivity index (χ0n) is 14.9. The maximum absolute atomic E-state index is 12.4. The number of rotatable bonds is 5. The molecule has 3 rings (SSSR count). The van der Waals surface area contributed by atoms with Crippen molar-refractivity contribution in [2.75, 3.05) is 25.1 Å². The number of anilines is 1. The van der Waals surface area contributed by atoms with Gasteiger partial charge < -0.3 is 15.0 Å². The Morgan fingerprint density at radius 1 is 1.36 bits per heavy atom. The molecule has 0 bridgehead atoms. The molecule has 2 atom stereocenters. The molecule has 1 aliphatic rings. The summed E-state index contributed by atoms with van der Waals surface area (Å²) in [6, 6.07) is 9.61. The number of amides is 1. The number of para-hydroxylation sites is 1. The summed E-state index contributed by atoms with van der Waals surface area (Å²) in [6.07, 6.45) is 2.82. The second-order valence-electron chi connectivity index (χ2n) is 6.48. The molecule has 6 heteroatoms. The van der Waals surface area contributed by atoms with Gasteiger partial charge in [-0.15, -0.1) is 0 Å². The lowest BCUT2D eigenvalue weighted by Gasteiger charge is -2.22. The average Bonchev–Trinajstić information content (AvgIpc) is 3.00. The van der Waals surface area contributed by atoms with Crippen LogP contribution in [-0.4, -0.2) is 42.1 Å². The van der Waals surface area contributed by atoms with Gasteiger partial charge in [0.05, 0.1) is 12.7 Å². The van der Waals surface area contributed by atoms with E-state index in [1.54, 1.807) is 25.4 Å². The number of carbonyl (C=O) groups is 1. The quantitative estimate of drug-likeness (QED) is 0.905. The molecule has 0 radical (unpaired) electrons. The van der Waals surface area contributed by atoms with Crippen LogP contribution in [0.25, 0.3) is 0 Å². The number of nitrogens with one attached hydrogen (secondary N) is 1. The van der Waals surface area contributed by atoms with Crippen LogP contribution >= 0.6 is 0 Å². The Morgan fingerprint density at radius 2 is 2.16 bits per heavy atom. The summed E-state index contributed by atoms with van der Waals surface area (Å²) >= 11 is 0. The van der Waals surface area contributed by atoms with E-state index in [1.807, 2.05) is 25.1 Å². The zero-order chi connectivity index (χ0) is 17.8. The molecule has 1 fully saturated rings. The van der Waals surface area contributed by atoms with Crippen molar-refractivity contribution in [3.05, 3.63) is 47.9 Å². The fraction of sp³-hybridized carbons (Fsp3) is 0.421. The Labute approximate surface area is 148 Å². The number of ether oxygens (including phenoxy) is 1. The van der Waals surface area contributed by atoms with Crippen LogP contribution in [-0.2, 0) is 0 Å². The average molecular weight is 340 g/mol. The van der Waals surface area contributed by atoms with Crippen molar-refractivity contribution in [2.24, 2.45) is 5.92 Å². The third-order valence-corrected chi connectivity index (χ3v) is 4.62. The van der Waals surface area contributed by atoms with Crippen molar-refractivity contribution < 1.29 is 9.53 Å². The lowest BCUT2D eigenvalue weighted by atomic mass is 10.1. The first kappa shape index (κ1) is 17.2. The lowest BCUT2D eigenvalue weighted by Crippen LogP contribution is -2.32. The number of benzene rings is 1. The van der Waals surface area contributed by atoms with Crippen LogP contribution in [0.4, 0.5) is 5.82 Å². The molecular formula is C19H24N4O2. The summed E-state index contributed by atoms with van der Waals surface area (Å²) in [5.74, 6) is 2.62. The summed E-state index contributed by atoms with van der Waals surface area (Å²) < 4.78 is 5.26. The van der Waals surface area contributed by atoms with Crippen molar-refractivity contribution in [1.29, 1.82) is 0 Å². The highest BCUT2D eigenvalue weighted by atomic mass is 16.5. The van der Waals surface area contributed by atoms with E-state index < -0.39 is 0 Å². The van der Waals surface area contributed by atoms with E-state index in [2.05, 4.69) is 27.1 Å². The lowest BCUT2D eigenvalue weighted by molar-refractivity contribution is 0.0945. The van der Waals surface area contributed by atoms with Gasteiger partial charge in [-0.25, -0.2) is 9.97 Å². The van der Waals surface area contributed by atoms with E-state index in [-0.39, 0.29) is 5.91 Å². The van der Waals surface area contributed by atoms with Gasteiger partial charge in [-0.1, -0.05) is 12.1 Å². The summed E-state index contributed by atoms with van der Waals surface area (Å²) in [5.41, 5.74) is 0.569. The van der Waals surface area contributed by atoms with Crippen molar-refractivity contribution in [3.63, 3.8) is 0 Å². The molecule has 1 amide bonds. The molecule has 2 aromatic rings. The summed E-state index contributed by atoms with van der Waals surface area (Å²) in [6.45, 7) is 5.61. The normalized spacial score (nSPS) is 19.7. The summed E-state index contributed by atoms with van der Waals surface area (Å²) in [4.78, 5) is 23.4. The van der Waals surface area contributed by atoms with Crippen molar-refractivity contribution in [2.45, 2.75) is 26.3 Å². The van der Waals surface area contributed by atoms with Crippen molar-refractivity contribution in [3.8, 4) is 5.75 Å². The highest BCUT2D eigenvalue weighted by Crippen LogP contribution is 2.27. The number of aromatic nitrogens is 2. The fourth-order valence-electron chi connectivity index (χ4n) is 3.38. The summed E-state index contributed by atoms with van der Waals surface area (Å²) in [7, 11) is 1.58. The standard InChI is InChI=1S/C19H24N4O2/c1-13-10-15(12-23(13)18-8-9-20-14(2)22-18)11-21-19(24)16-6-4-5-7-17(16)25-3/h4-9,13,15H,10-12H2,1-3H3,(H,21,24). The number of aryl methyl sites for hydroxylation is 1. The first-order valence-corrected chi connectivity index (χ1v) is 8.56. The second-order valence-corrected chi connectivity index (χ2v) is 6.48. The van der Waals surface area contributed by atoms with Gasteiger partial charge in [-0.3, -0.25) is 4.79 Å². The van der Waals surface area contributed by atoms with Gasteiger partial charge in [0.15, 0.2) is 0 Å². The predicted molar refractivity (Wildman–Crippen MR) is 97.0 cm³/mol. The van der Waals surface area contributed by atoms with Gasteiger partial charge in [0.2, 0.25) is 0 Å². The molecule has 1 aromatic carbocycles. The minimum Gasteiger partial charge on any atom is -0.496 e.